The van der Waals surface area contributed by atoms with E-state index >= 15 is 0 Å². The number of nitrogens with one attached hydrogen (secondary N) is 1. The van der Waals surface area contributed by atoms with Gasteiger partial charge < -0.3 is 19.5 Å². The molecule has 6 nitrogen and oxygen atoms in total. The van der Waals surface area contributed by atoms with E-state index in [1.165, 1.54) is 7.11 Å². The van der Waals surface area contributed by atoms with Gasteiger partial charge in [0.25, 0.3) is 0 Å². The number of hydrogen-bond donors (Lipinski definition) is 1. The first-order valence-corrected chi connectivity index (χ1v) is 12.6. The zero-order valence-corrected chi connectivity index (χ0v) is 22.2. The number of benzene rings is 4. The number of esters is 1. The van der Waals surface area contributed by atoms with Gasteiger partial charge in [0.1, 0.15) is 18.0 Å². The number of rotatable bonds is 8. The molecular weight excluding hydrogens is 478 g/mol. The third kappa shape index (κ3) is 6.91. The molecule has 0 saturated heterocycles. The van der Waals surface area contributed by atoms with Crippen LogP contribution in [0, 0.1) is 0 Å². The van der Waals surface area contributed by atoms with E-state index in [0.29, 0.717) is 6.61 Å². The number of amides is 1. The predicted molar refractivity (Wildman–Crippen MR) is 149 cm³/mol. The van der Waals surface area contributed by atoms with Crippen LogP contribution in [0.2, 0.25) is 0 Å². The highest BCUT2D eigenvalue weighted by Gasteiger charge is 2.23. The summed E-state index contributed by atoms with van der Waals surface area (Å²) in [6.07, 6.45) is -0.599. The van der Waals surface area contributed by atoms with Crippen LogP contribution < -0.4 is 10.1 Å². The molecule has 6 heteroatoms. The Morgan fingerprint density at radius 1 is 0.816 bits per heavy atom. The Kier molecular flexibility index (Phi) is 8.31. The average molecular weight is 512 g/mol. The molecule has 4 rings (SSSR count). The van der Waals surface area contributed by atoms with Crippen molar-refractivity contribution in [2.75, 3.05) is 7.11 Å². The number of carbonyl (C=O) groups excluding carboxylic acids is 2. The van der Waals surface area contributed by atoms with E-state index in [2.05, 4.69) is 23.5 Å². The minimum Gasteiger partial charge on any atom is -0.488 e. The molecule has 0 radical (unpaired) electrons. The first kappa shape index (κ1) is 26.7. The molecule has 0 bridgehead atoms. The molecule has 0 spiro atoms. The molecule has 0 unspecified atom stereocenters. The van der Waals surface area contributed by atoms with Crippen molar-refractivity contribution < 1.29 is 23.8 Å². The molecule has 0 fully saturated rings. The van der Waals surface area contributed by atoms with Crippen molar-refractivity contribution >= 4 is 22.8 Å². The third-order valence-corrected chi connectivity index (χ3v) is 6.03. The van der Waals surface area contributed by atoms with Crippen LogP contribution >= 0.6 is 0 Å². The highest BCUT2D eigenvalue weighted by atomic mass is 16.6. The molecule has 0 heterocycles. The van der Waals surface area contributed by atoms with Gasteiger partial charge >= 0.3 is 12.1 Å². The minimum atomic E-state index is -0.651. The Morgan fingerprint density at radius 2 is 1.47 bits per heavy atom. The van der Waals surface area contributed by atoms with Crippen molar-refractivity contribution in [1.82, 2.24) is 5.32 Å². The Hall–Kier alpha value is -4.32. The molecule has 38 heavy (non-hydrogen) atoms. The molecule has 1 N–H and O–H groups in total. The maximum Gasteiger partial charge on any atom is 0.408 e. The van der Waals surface area contributed by atoms with E-state index in [0.717, 1.165) is 38.8 Å². The average Bonchev–Trinajstić information content (AvgIpc) is 2.91. The summed E-state index contributed by atoms with van der Waals surface area (Å²) in [6, 6.07) is 29.5. The van der Waals surface area contributed by atoms with Gasteiger partial charge in [-0.3, -0.25) is 4.79 Å². The van der Waals surface area contributed by atoms with Crippen LogP contribution in [0.15, 0.2) is 91.0 Å². The fourth-order valence-corrected chi connectivity index (χ4v) is 4.23. The molecule has 196 valence electrons. The van der Waals surface area contributed by atoms with Gasteiger partial charge in [-0.2, -0.15) is 0 Å². The van der Waals surface area contributed by atoms with Crippen molar-refractivity contribution in [3.05, 3.63) is 102 Å². The van der Waals surface area contributed by atoms with Gasteiger partial charge in [0.15, 0.2) is 0 Å². The van der Waals surface area contributed by atoms with E-state index in [4.69, 9.17) is 14.2 Å². The second-order valence-corrected chi connectivity index (χ2v) is 10.0. The monoisotopic (exact) mass is 511 g/mol. The zero-order valence-electron chi connectivity index (χ0n) is 22.2. The summed E-state index contributed by atoms with van der Waals surface area (Å²) in [5.41, 5.74) is 3.30. The fraction of sp³-hybridized carbons (Fsp3) is 0.250. The third-order valence-electron chi connectivity index (χ3n) is 6.03. The highest BCUT2D eigenvalue weighted by Crippen LogP contribution is 2.35. The van der Waals surface area contributed by atoms with Gasteiger partial charge in [-0.05, 0) is 54.5 Å². The van der Waals surface area contributed by atoms with E-state index < -0.39 is 23.7 Å². The summed E-state index contributed by atoms with van der Waals surface area (Å²) < 4.78 is 16.4. The van der Waals surface area contributed by atoms with Crippen molar-refractivity contribution in [1.29, 1.82) is 0 Å². The van der Waals surface area contributed by atoms with Crippen molar-refractivity contribution in [2.24, 2.45) is 0 Å². The van der Waals surface area contributed by atoms with E-state index in [9.17, 15) is 9.59 Å². The van der Waals surface area contributed by atoms with Crippen molar-refractivity contribution in [3.63, 3.8) is 0 Å². The van der Waals surface area contributed by atoms with Gasteiger partial charge in [0, 0.05) is 5.39 Å². The fourth-order valence-electron chi connectivity index (χ4n) is 4.23. The lowest BCUT2D eigenvalue weighted by atomic mass is 9.95. The van der Waals surface area contributed by atoms with Crippen molar-refractivity contribution in [2.45, 2.75) is 45.4 Å². The Morgan fingerprint density at radius 3 is 2.13 bits per heavy atom. The van der Waals surface area contributed by atoms with E-state index in [1.54, 1.807) is 20.8 Å². The number of alkyl carbamates (subject to hydrolysis) is 1. The first-order chi connectivity index (χ1) is 18.2. The number of fused-ring (bicyclic) bond motifs is 1. The second-order valence-electron chi connectivity index (χ2n) is 10.0. The van der Waals surface area contributed by atoms with Crippen LogP contribution in [-0.2, 0) is 20.9 Å². The molecule has 0 saturated carbocycles. The molecular formula is C32H33NO5. The molecule has 4 aromatic carbocycles. The first-order valence-electron chi connectivity index (χ1n) is 12.6. The largest absolute Gasteiger partial charge is 0.488 e. The Labute approximate surface area is 223 Å². The lowest BCUT2D eigenvalue weighted by molar-refractivity contribution is -0.141. The maximum absolute atomic E-state index is 12.4. The van der Waals surface area contributed by atoms with Gasteiger partial charge in [-0.25, -0.2) is 4.79 Å². The summed E-state index contributed by atoms with van der Waals surface area (Å²) in [6.45, 7) is 5.86. The normalized spacial score (nSPS) is 12.0. The topological polar surface area (TPSA) is 73.9 Å². The van der Waals surface area contributed by atoms with Gasteiger partial charge in [-0.15, -0.1) is 0 Å². The SMILES string of the molecule is COC(=O)C[C@H](NC(=O)OC(C)(C)C)c1ccc(-c2ccc(OCc3ccccc3)c3ccccc23)cc1. The molecule has 0 aromatic heterocycles. The molecule has 0 aliphatic heterocycles. The standard InChI is InChI=1S/C32H33NO5/c1-32(2,3)38-31(35)33-28(20-30(34)36-4)24-16-14-23(15-17-24)25-18-19-29(27-13-9-8-12-26(25)27)37-21-22-10-6-5-7-11-22/h5-19,28H,20-21H2,1-4H3,(H,33,35)/t28-/m0/s1. The molecule has 4 aromatic rings. The van der Waals surface area contributed by atoms with Gasteiger partial charge in [0.05, 0.1) is 19.6 Å². The quantitative estimate of drug-likeness (QED) is 0.253. The molecule has 1 amide bonds. The van der Waals surface area contributed by atoms with E-state index in [-0.39, 0.29) is 6.42 Å². The zero-order chi connectivity index (χ0) is 27.1. The summed E-state index contributed by atoms with van der Waals surface area (Å²) >= 11 is 0. The van der Waals surface area contributed by atoms with Gasteiger partial charge in [-0.1, -0.05) is 84.9 Å². The molecule has 0 aliphatic carbocycles. The molecule has 0 aliphatic rings. The van der Waals surface area contributed by atoms with Gasteiger partial charge in [0.2, 0.25) is 0 Å². The number of carbonyl (C=O) groups is 2. The summed E-state index contributed by atoms with van der Waals surface area (Å²) in [5.74, 6) is 0.400. The summed E-state index contributed by atoms with van der Waals surface area (Å²) in [5, 5.41) is 4.90. The second kappa shape index (κ2) is 11.8. The Balaban J connectivity index is 1.59. The summed E-state index contributed by atoms with van der Waals surface area (Å²) in [7, 11) is 1.33. The molecule has 1 atom stereocenters. The number of hydrogen-bond acceptors (Lipinski definition) is 5. The number of methoxy groups -OCH3 is 1. The minimum absolute atomic E-state index is 0.00846. The number of ether oxygens (including phenoxy) is 3. The van der Waals surface area contributed by atoms with E-state index in [1.807, 2.05) is 72.8 Å². The Bertz CT molecular complexity index is 1390. The van der Waals surface area contributed by atoms with Crippen molar-refractivity contribution in [3.8, 4) is 16.9 Å². The smallest absolute Gasteiger partial charge is 0.408 e. The van der Waals surface area contributed by atoms with Crippen LogP contribution in [0.1, 0.15) is 44.4 Å². The highest BCUT2D eigenvalue weighted by molar-refractivity contribution is 6.00. The lowest BCUT2D eigenvalue weighted by Crippen LogP contribution is -2.35. The van der Waals surface area contributed by atoms with Crippen LogP contribution in [0.3, 0.4) is 0 Å². The van der Waals surface area contributed by atoms with Crippen LogP contribution in [0.4, 0.5) is 4.79 Å². The van der Waals surface area contributed by atoms with Crippen LogP contribution in [-0.4, -0.2) is 24.8 Å². The summed E-state index contributed by atoms with van der Waals surface area (Å²) in [4.78, 5) is 24.5. The lowest BCUT2D eigenvalue weighted by Gasteiger charge is -2.23. The van der Waals surface area contributed by atoms with Crippen LogP contribution in [0.25, 0.3) is 21.9 Å². The maximum atomic E-state index is 12.4. The predicted octanol–water partition coefficient (Wildman–Crippen LogP) is 7.21. The van der Waals surface area contributed by atoms with Crippen LogP contribution in [0.5, 0.6) is 5.75 Å².